The van der Waals surface area contributed by atoms with Crippen LogP contribution in [0.3, 0.4) is 0 Å². The van der Waals surface area contributed by atoms with E-state index in [0.29, 0.717) is 6.04 Å². The SMILES string of the molecule is CNC(CCN(C)C1CCCC(C)C1)c1cccc(Cl)c1. The second-order valence-corrected chi connectivity index (χ2v) is 7.03. The van der Waals surface area contributed by atoms with Gasteiger partial charge in [0.05, 0.1) is 0 Å². The summed E-state index contributed by atoms with van der Waals surface area (Å²) in [4.78, 5) is 2.56. The Hall–Kier alpha value is -0.570. The van der Waals surface area contributed by atoms with Gasteiger partial charge in [-0.15, -0.1) is 0 Å². The molecule has 118 valence electrons. The van der Waals surface area contributed by atoms with Gasteiger partial charge in [0.15, 0.2) is 0 Å². The van der Waals surface area contributed by atoms with Gasteiger partial charge < -0.3 is 10.2 Å². The molecule has 0 radical (unpaired) electrons. The molecule has 2 nitrogen and oxygen atoms in total. The van der Waals surface area contributed by atoms with E-state index in [1.807, 2.05) is 19.2 Å². The van der Waals surface area contributed by atoms with Crippen LogP contribution < -0.4 is 5.32 Å². The molecule has 3 atom stereocenters. The molecular weight excluding hydrogens is 280 g/mol. The highest BCUT2D eigenvalue weighted by Gasteiger charge is 2.22. The summed E-state index contributed by atoms with van der Waals surface area (Å²) in [7, 11) is 4.32. The third kappa shape index (κ3) is 4.98. The quantitative estimate of drug-likeness (QED) is 0.832. The highest BCUT2D eigenvalue weighted by atomic mass is 35.5. The van der Waals surface area contributed by atoms with Gasteiger partial charge >= 0.3 is 0 Å². The van der Waals surface area contributed by atoms with Crippen LogP contribution in [0.25, 0.3) is 0 Å². The van der Waals surface area contributed by atoms with E-state index in [-0.39, 0.29) is 0 Å². The Bertz CT molecular complexity index is 435. The van der Waals surface area contributed by atoms with Crippen LogP contribution in [0, 0.1) is 5.92 Å². The third-order valence-electron chi connectivity index (χ3n) is 4.90. The smallest absolute Gasteiger partial charge is 0.0409 e. The van der Waals surface area contributed by atoms with Gasteiger partial charge in [-0.3, -0.25) is 0 Å². The van der Waals surface area contributed by atoms with Crippen LogP contribution in [0.1, 0.15) is 50.6 Å². The highest BCUT2D eigenvalue weighted by Crippen LogP contribution is 2.27. The normalized spacial score (nSPS) is 24.2. The van der Waals surface area contributed by atoms with E-state index in [0.717, 1.165) is 29.9 Å². The maximum Gasteiger partial charge on any atom is 0.0409 e. The van der Waals surface area contributed by atoms with Gasteiger partial charge in [0.2, 0.25) is 0 Å². The first-order valence-corrected chi connectivity index (χ1v) is 8.61. The van der Waals surface area contributed by atoms with Gasteiger partial charge in [0.25, 0.3) is 0 Å². The lowest BCUT2D eigenvalue weighted by Crippen LogP contribution is -2.37. The molecule has 21 heavy (non-hydrogen) atoms. The monoisotopic (exact) mass is 308 g/mol. The molecular formula is C18H29ClN2. The third-order valence-corrected chi connectivity index (χ3v) is 5.14. The largest absolute Gasteiger partial charge is 0.313 e. The number of hydrogen-bond donors (Lipinski definition) is 1. The van der Waals surface area contributed by atoms with E-state index in [1.54, 1.807) is 0 Å². The summed E-state index contributed by atoms with van der Waals surface area (Å²) < 4.78 is 0. The Morgan fingerprint density at radius 3 is 2.86 bits per heavy atom. The number of halogens is 1. The molecule has 0 aromatic heterocycles. The van der Waals surface area contributed by atoms with Crippen molar-refractivity contribution < 1.29 is 0 Å². The summed E-state index contributed by atoms with van der Waals surface area (Å²) >= 11 is 6.11. The van der Waals surface area contributed by atoms with Crippen LogP contribution in [-0.4, -0.2) is 31.6 Å². The fourth-order valence-corrected chi connectivity index (χ4v) is 3.72. The Morgan fingerprint density at radius 1 is 1.38 bits per heavy atom. The van der Waals surface area contributed by atoms with E-state index in [1.165, 1.54) is 31.2 Å². The van der Waals surface area contributed by atoms with Gasteiger partial charge in [0, 0.05) is 17.1 Å². The zero-order chi connectivity index (χ0) is 15.2. The second kappa shape index (κ2) is 8.17. The maximum absolute atomic E-state index is 6.11. The minimum absolute atomic E-state index is 0.382. The molecule has 1 saturated carbocycles. The van der Waals surface area contributed by atoms with Crippen molar-refractivity contribution in [3.05, 3.63) is 34.9 Å². The van der Waals surface area contributed by atoms with Gasteiger partial charge in [-0.2, -0.15) is 0 Å². The van der Waals surface area contributed by atoms with Crippen molar-refractivity contribution in [2.45, 2.75) is 51.1 Å². The number of hydrogen-bond acceptors (Lipinski definition) is 2. The van der Waals surface area contributed by atoms with Gasteiger partial charge in [0.1, 0.15) is 0 Å². The van der Waals surface area contributed by atoms with E-state index >= 15 is 0 Å². The van der Waals surface area contributed by atoms with Gasteiger partial charge in [-0.05, 0) is 63.5 Å². The molecule has 0 saturated heterocycles. The number of benzene rings is 1. The zero-order valence-corrected chi connectivity index (χ0v) is 14.4. The predicted molar refractivity (Wildman–Crippen MR) is 91.9 cm³/mol. The first kappa shape index (κ1) is 16.8. The first-order valence-electron chi connectivity index (χ1n) is 8.23. The molecule has 2 rings (SSSR count). The standard InChI is InChI=1S/C18H29ClN2/c1-14-6-4-9-17(12-14)21(3)11-10-18(20-2)15-7-5-8-16(19)13-15/h5,7-8,13-14,17-18,20H,4,6,9-12H2,1-3H3. The molecule has 1 aromatic rings. The predicted octanol–water partition coefficient (Wildman–Crippen LogP) is 4.50. The van der Waals surface area contributed by atoms with Crippen molar-refractivity contribution in [1.82, 2.24) is 10.2 Å². The molecule has 1 aliphatic carbocycles. The lowest BCUT2D eigenvalue weighted by Gasteiger charge is -2.35. The maximum atomic E-state index is 6.11. The van der Waals surface area contributed by atoms with E-state index < -0.39 is 0 Å². The van der Waals surface area contributed by atoms with Gasteiger partial charge in [-0.1, -0.05) is 43.5 Å². The van der Waals surface area contributed by atoms with Crippen molar-refractivity contribution in [2.75, 3.05) is 20.6 Å². The van der Waals surface area contributed by atoms with E-state index in [2.05, 4.69) is 36.3 Å². The molecule has 0 spiro atoms. The summed E-state index contributed by atoms with van der Waals surface area (Å²) in [5.74, 6) is 0.888. The average Bonchev–Trinajstić information content (AvgIpc) is 2.48. The Morgan fingerprint density at radius 2 is 2.19 bits per heavy atom. The molecule has 3 heteroatoms. The molecule has 0 bridgehead atoms. The lowest BCUT2D eigenvalue weighted by atomic mass is 9.86. The molecule has 1 N–H and O–H groups in total. The molecule has 1 aliphatic rings. The Balaban J connectivity index is 1.87. The summed E-state index contributed by atoms with van der Waals surface area (Å²) in [5.41, 5.74) is 1.29. The summed E-state index contributed by atoms with van der Waals surface area (Å²) in [5, 5.41) is 4.25. The molecule has 0 aliphatic heterocycles. The van der Waals surface area contributed by atoms with Crippen molar-refractivity contribution in [1.29, 1.82) is 0 Å². The number of rotatable bonds is 6. The number of nitrogens with zero attached hydrogens (tertiary/aromatic N) is 1. The molecule has 3 unspecified atom stereocenters. The Labute approximate surface area is 134 Å². The van der Waals surface area contributed by atoms with Crippen LogP contribution >= 0.6 is 11.6 Å². The summed E-state index contributed by atoms with van der Waals surface area (Å²) in [6.07, 6.45) is 6.64. The zero-order valence-electron chi connectivity index (χ0n) is 13.6. The van der Waals surface area contributed by atoms with Crippen molar-refractivity contribution in [2.24, 2.45) is 5.92 Å². The summed E-state index contributed by atoms with van der Waals surface area (Å²) in [6, 6.07) is 9.36. The molecule has 0 heterocycles. The average molecular weight is 309 g/mol. The fourth-order valence-electron chi connectivity index (χ4n) is 3.52. The Kier molecular flexibility index (Phi) is 6.53. The fraction of sp³-hybridized carbons (Fsp3) is 0.667. The second-order valence-electron chi connectivity index (χ2n) is 6.59. The van der Waals surface area contributed by atoms with E-state index in [9.17, 15) is 0 Å². The lowest BCUT2D eigenvalue weighted by molar-refractivity contribution is 0.158. The van der Waals surface area contributed by atoms with Crippen LogP contribution in [0.4, 0.5) is 0 Å². The minimum Gasteiger partial charge on any atom is -0.313 e. The first-order chi connectivity index (χ1) is 10.1. The summed E-state index contributed by atoms with van der Waals surface area (Å²) in [6.45, 7) is 3.53. The van der Waals surface area contributed by atoms with Crippen molar-refractivity contribution >= 4 is 11.6 Å². The van der Waals surface area contributed by atoms with Crippen LogP contribution in [0.15, 0.2) is 24.3 Å². The van der Waals surface area contributed by atoms with Crippen molar-refractivity contribution in [3.8, 4) is 0 Å². The molecule has 1 aromatic carbocycles. The van der Waals surface area contributed by atoms with Crippen molar-refractivity contribution in [3.63, 3.8) is 0 Å². The van der Waals surface area contributed by atoms with E-state index in [4.69, 9.17) is 11.6 Å². The minimum atomic E-state index is 0.382. The van der Waals surface area contributed by atoms with Crippen LogP contribution in [-0.2, 0) is 0 Å². The highest BCUT2D eigenvalue weighted by molar-refractivity contribution is 6.30. The van der Waals surface area contributed by atoms with Crippen LogP contribution in [0.5, 0.6) is 0 Å². The molecule has 0 amide bonds. The van der Waals surface area contributed by atoms with Gasteiger partial charge in [-0.25, -0.2) is 0 Å². The van der Waals surface area contributed by atoms with Crippen LogP contribution in [0.2, 0.25) is 5.02 Å². The number of nitrogens with one attached hydrogen (secondary N) is 1. The molecule has 1 fully saturated rings. The topological polar surface area (TPSA) is 15.3 Å².